The van der Waals surface area contributed by atoms with Crippen LogP contribution in [0.4, 0.5) is 0 Å². The fraction of sp³-hybridized carbons (Fsp3) is 0.261. The van der Waals surface area contributed by atoms with Crippen molar-refractivity contribution in [3.05, 3.63) is 76.3 Å². The van der Waals surface area contributed by atoms with Gasteiger partial charge in [-0.1, -0.05) is 18.6 Å². The third-order valence-corrected chi connectivity index (χ3v) is 5.23. The third-order valence-electron chi connectivity index (χ3n) is 5.23. The smallest absolute Gasteiger partial charge is 0.190 e. The van der Waals surface area contributed by atoms with Gasteiger partial charge < -0.3 is 9.97 Å². The molecule has 0 radical (unpaired) electrons. The normalized spacial score (nSPS) is 14.3. The van der Waals surface area contributed by atoms with Gasteiger partial charge in [0.1, 0.15) is 5.65 Å². The van der Waals surface area contributed by atoms with Crippen LogP contribution in [0.3, 0.4) is 0 Å². The van der Waals surface area contributed by atoms with E-state index in [-0.39, 0.29) is 5.43 Å². The van der Waals surface area contributed by atoms with Crippen LogP contribution in [0.15, 0.2) is 59.8 Å². The van der Waals surface area contributed by atoms with Crippen LogP contribution in [-0.2, 0) is 6.54 Å². The first-order valence-corrected chi connectivity index (χ1v) is 9.89. The highest BCUT2D eigenvalue weighted by atomic mass is 16.1. The number of nitriles is 1. The summed E-state index contributed by atoms with van der Waals surface area (Å²) in [5, 5.41) is 10.4. The summed E-state index contributed by atoms with van der Waals surface area (Å²) in [6.07, 6.45) is 9.05. The molecule has 6 heteroatoms. The van der Waals surface area contributed by atoms with Crippen molar-refractivity contribution < 1.29 is 0 Å². The molecule has 1 aliphatic rings. The van der Waals surface area contributed by atoms with Gasteiger partial charge in [-0.2, -0.15) is 5.26 Å². The fourth-order valence-corrected chi connectivity index (χ4v) is 3.76. The monoisotopic (exact) mass is 385 g/mol. The molecule has 1 aliphatic heterocycles. The molecule has 29 heavy (non-hydrogen) atoms. The van der Waals surface area contributed by atoms with E-state index >= 15 is 0 Å². The molecule has 6 nitrogen and oxygen atoms in total. The molecule has 1 aromatic carbocycles. The predicted octanol–water partition coefficient (Wildman–Crippen LogP) is 3.95. The second kappa shape index (κ2) is 8.72. The molecule has 146 valence electrons. The van der Waals surface area contributed by atoms with E-state index in [1.54, 1.807) is 12.4 Å². The molecule has 0 unspecified atom stereocenters. The van der Waals surface area contributed by atoms with E-state index in [0.717, 1.165) is 28.7 Å². The van der Waals surface area contributed by atoms with Crippen LogP contribution >= 0.6 is 0 Å². The lowest BCUT2D eigenvalue weighted by atomic mass is 10.1. The number of aromatic nitrogens is 3. The number of benzene rings is 1. The van der Waals surface area contributed by atoms with Crippen LogP contribution in [-0.4, -0.2) is 32.9 Å². The summed E-state index contributed by atoms with van der Waals surface area (Å²) in [7, 11) is 0. The Morgan fingerprint density at radius 1 is 1.03 bits per heavy atom. The summed E-state index contributed by atoms with van der Waals surface area (Å²) < 4.78 is 0. The number of hydrogen-bond acceptors (Lipinski definition) is 4. The number of nitrogens with zero attached hydrogens (tertiary/aromatic N) is 3. The van der Waals surface area contributed by atoms with E-state index in [4.69, 9.17) is 5.26 Å². The highest BCUT2D eigenvalue weighted by molar-refractivity contribution is 6.01. The maximum atomic E-state index is 11.5. The summed E-state index contributed by atoms with van der Waals surface area (Å²) in [6, 6.07) is 13.5. The Morgan fingerprint density at radius 2 is 1.86 bits per heavy atom. The van der Waals surface area contributed by atoms with Crippen LogP contribution in [0.2, 0.25) is 0 Å². The van der Waals surface area contributed by atoms with Crippen molar-refractivity contribution in [3.63, 3.8) is 0 Å². The van der Waals surface area contributed by atoms with Crippen molar-refractivity contribution >= 4 is 21.9 Å². The van der Waals surface area contributed by atoms with E-state index < -0.39 is 0 Å². The molecule has 1 saturated heterocycles. The van der Waals surface area contributed by atoms with Gasteiger partial charge in [0, 0.05) is 36.6 Å². The molecular formula is C23H23N5O. The molecule has 5 rings (SSSR count). The van der Waals surface area contributed by atoms with Crippen molar-refractivity contribution in [2.75, 3.05) is 13.1 Å². The summed E-state index contributed by atoms with van der Waals surface area (Å²) in [5.41, 5.74) is 3.65. The summed E-state index contributed by atoms with van der Waals surface area (Å²) in [5.74, 6) is 0. The molecule has 4 heterocycles. The Hall–Kier alpha value is -3.43. The molecule has 4 aromatic rings. The Balaban J connectivity index is 0.000000141. The lowest BCUT2D eigenvalue weighted by molar-refractivity contribution is 0.221. The number of pyridine rings is 2. The van der Waals surface area contributed by atoms with Gasteiger partial charge in [-0.3, -0.25) is 9.69 Å². The Bertz CT molecular complexity index is 1210. The van der Waals surface area contributed by atoms with Crippen LogP contribution in [0.5, 0.6) is 0 Å². The van der Waals surface area contributed by atoms with Crippen LogP contribution < -0.4 is 5.43 Å². The topological polar surface area (TPSA) is 88.6 Å². The van der Waals surface area contributed by atoms with Crippen molar-refractivity contribution in [3.8, 4) is 6.07 Å². The zero-order valence-corrected chi connectivity index (χ0v) is 16.2. The SMILES string of the molecule is N#Cc1cccc(CN2CCCCC2)c1.O=c1cc[nH]c2c1cnc1[nH]ccc12. The third kappa shape index (κ3) is 4.36. The first-order chi connectivity index (χ1) is 14.2. The second-order valence-electron chi connectivity index (χ2n) is 7.28. The molecule has 0 spiro atoms. The lowest BCUT2D eigenvalue weighted by Crippen LogP contribution is -2.29. The summed E-state index contributed by atoms with van der Waals surface area (Å²) in [6.45, 7) is 3.41. The van der Waals surface area contributed by atoms with Gasteiger partial charge >= 0.3 is 0 Å². The number of hydrogen-bond donors (Lipinski definition) is 2. The van der Waals surface area contributed by atoms with Crippen molar-refractivity contribution in [2.45, 2.75) is 25.8 Å². The quantitative estimate of drug-likeness (QED) is 0.547. The average molecular weight is 385 g/mol. The minimum absolute atomic E-state index is 0.00523. The van der Waals surface area contributed by atoms with Crippen molar-refractivity contribution in [1.29, 1.82) is 5.26 Å². The molecule has 3 aromatic heterocycles. The van der Waals surface area contributed by atoms with E-state index in [2.05, 4.69) is 32.0 Å². The van der Waals surface area contributed by atoms with Gasteiger partial charge in [0.15, 0.2) is 5.43 Å². The van der Waals surface area contributed by atoms with E-state index in [1.165, 1.54) is 44.0 Å². The average Bonchev–Trinajstić information content (AvgIpc) is 3.25. The number of aromatic amines is 2. The maximum Gasteiger partial charge on any atom is 0.190 e. The first-order valence-electron chi connectivity index (χ1n) is 9.89. The standard InChI is InChI=1S/C13H16N2.C10H7N3O/c14-10-12-5-4-6-13(9-12)11-15-7-2-1-3-8-15;14-8-2-4-11-9-6-1-3-12-10(6)13-5-7(8)9/h4-6,9H,1-3,7-8,11H2;1-5H,(H,11,14)(H,12,13). The number of H-pyrrole nitrogens is 2. The predicted molar refractivity (Wildman–Crippen MR) is 115 cm³/mol. The zero-order chi connectivity index (χ0) is 20.1. The molecule has 0 bridgehead atoms. The highest BCUT2D eigenvalue weighted by Crippen LogP contribution is 2.17. The van der Waals surface area contributed by atoms with E-state index in [9.17, 15) is 4.79 Å². The van der Waals surface area contributed by atoms with Crippen LogP contribution in [0.25, 0.3) is 21.9 Å². The minimum atomic E-state index is -0.00523. The van der Waals surface area contributed by atoms with Gasteiger partial charge in [0.05, 0.1) is 22.5 Å². The van der Waals surface area contributed by atoms with Crippen LogP contribution in [0, 0.1) is 11.3 Å². The Kier molecular flexibility index (Phi) is 5.68. The molecule has 0 atom stereocenters. The first kappa shape index (κ1) is 18.9. The zero-order valence-electron chi connectivity index (χ0n) is 16.2. The molecule has 0 amide bonds. The van der Waals surface area contributed by atoms with E-state index in [0.29, 0.717) is 5.39 Å². The Labute approximate surface area is 168 Å². The summed E-state index contributed by atoms with van der Waals surface area (Å²) in [4.78, 5) is 24.2. The van der Waals surface area contributed by atoms with Gasteiger partial charge in [-0.05, 0) is 49.7 Å². The molecule has 0 aliphatic carbocycles. The van der Waals surface area contributed by atoms with Crippen LogP contribution in [0.1, 0.15) is 30.4 Å². The minimum Gasteiger partial charge on any atom is -0.360 e. The molecular weight excluding hydrogens is 362 g/mol. The fourth-order valence-electron chi connectivity index (χ4n) is 3.76. The summed E-state index contributed by atoms with van der Waals surface area (Å²) >= 11 is 0. The number of nitrogens with one attached hydrogen (secondary N) is 2. The van der Waals surface area contributed by atoms with E-state index in [1.807, 2.05) is 30.5 Å². The van der Waals surface area contributed by atoms with Crippen molar-refractivity contribution in [1.82, 2.24) is 19.9 Å². The number of piperidine rings is 1. The van der Waals surface area contributed by atoms with Gasteiger partial charge in [-0.15, -0.1) is 0 Å². The second-order valence-corrected chi connectivity index (χ2v) is 7.28. The van der Waals surface area contributed by atoms with Gasteiger partial charge in [0.25, 0.3) is 0 Å². The Morgan fingerprint density at radius 3 is 2.69 bits per heavy atom. The van der Waals surface area contributed by atoms with Gasteiger partial charge in [-0.25, -0.2) is 4.98 Å². The number of rotatable bonds is 2. The largest absolute Gasteiger partial charge is 0.360 e. The number of fused-ring (bicyclic) bond motifs is 3. The highest BCUT2D eigenvalue weighted by Gasteiger charge is 2.10. The molecule has 0 saturated carbocycles. The van der Waals surface area contributed by atoms with Crippen molar-refractivity contribution in [2.24, 2.45) is 0 Å². The molecule has 1 fully saturated rings. The number of likely N-dealkylation sites (tertiary alicyclic amines) is 1. The van der Waals surface area contributed by atoms with Gasteiger partial charge in [0.2, 0.25) is 0 Å². The lowest BCUT2D eigenvalue weighted by Gasteiger charge is -2.26. The molecule has 2 N–H and O–H groups in total. The maximum absolute atomic E-state index is 11.5.